The Hall–Kier alpha value is -3.74. The molecule has 3 heterocycles. The summed E-state index contributed by atoms with van der Waals surface area (Å²) in [7, 11) is 0. The fourth-order valence-electron chi connectivity index (χ4n) is 4.56. The highest BCUT2D eigenvalue weighted by Gasteiger charge is 2.37. The van der Waals surface area contributed by atoms with Crippen LogP contribution in [0.2, 0.25) is 0 Å². The van der Waals surface area contributed by atoms with Crippen LogP contribution in [0.15, 0.2) is 24.5 Å². The van der Waals surface area contributed by atoms with Gasteiger partial charge >= 0.3 is 6.18 Å². The number of rotatable bonds is 7. The lowest BCUT2D eigenvalue weighted by Crippen LogP contribution is -2.42. The molecule has 1 aromatic carbocycles. The van der Waals surface area contributed by atoms with Crippen molar-refractivity contribution in [1.29, 1.82) is 0 Å². The predicted octanol–water partition coefficient (Wildman–Crippen LogP) is 3.01. The highest BCUT2D eigenvalue weighted by atomic mass is 19.4. The van der Waals surface area contributed by atoms with E-state index in [1.54, 1.807) is 6.92 Å². The van der Waals surface area contributed by atoms with E-state index in [1.165, 1.54) is 6.07 Å². The number of ether oxygens (including phenoxy) is 1. The van der Waals surface area contributed by atoms with Crippen LogP contribution in [0.4, 0.5) is 17.6 Å². The number of likely N-dealkylation sites (tertiary alicyclic amines) is 1. The van der Waals surface area contributed by atoms with Gasteiger partial charge in [-0.1, -0.05) is 0 Å². The minimum absolute atomic E-state index is 0.0789. The van der Waals surface area contributed by atoms with Gasteiger partial charge in [0.2, 0.25) is 5.91 Å². The van der Waals surface area contributed by atoms with Crippen LogP contribution in [0.1, 0.15) is 34.5 Å². The number of aliphatic hydroxyl groups excluding tert-OH is 1. The minimum Gasteiger partial charge on any atom is -0.493 e. The maximum atomic E-state index is 14.5. The Kier molecular flexibility index (Phi) is 6.72. The van der Waals surface area contributed by atoms with E-state index in [1.807, 2.05) is 0 Å². The van der Waals surface area contributed by atoms with E-state index < -0.39 is 42.4 Å². The number of amides is 2. The van der Waals surface area contributed by atoms with E-state index in [-0.39, 0.29) is 46.7 Å². The van der Waals surface area contributed by atoms with Gasteiger partial charge in [0.15, 0.2) is 0 Å². The number of hydrogen-bond acceptors (Lipinski definition) is 6. The Morgan fingerprint density at radius 1 is 1.24 bits per heavy atom. The van der Waals surface area contributed by atoms with Crippen molar-refractivity contribution in [2.45, 2.75) is 38.2 Å². The molecule has 1 saturated heterocycles. The summed E-state index contributed by atoms with van der Waals surface area (Å²) in [6, 6.07) is 2.16. The first-order chi connectivity index (χ1) is 18.1. The highest BCUT2D eigenvalue weighted by molar-refractivity contribution is 6.09. The van der Waals surface area contributed by atoms with Crippen molar-refractivity contribution in [2.75, 3.05) is 26.3 Å². The van der Waals surface area contributed by atoms with E-state index in [2.05, 4.69) is 20.3 Å². The lowest BCUT2D eigenvalue weighted by atomic mass is 10.0. The van der Waals surface area contributed by atoms with Crippen molar-refractivity contribution in [3.63, 3.8) is 0 Å². The van der Waals surface area contributed by atoms with Crippen LogP contribution >= 0.6 is 0 Å². The van der Waals surface area contributed by atoms with Gasteiger partial charge in [0, 0.05) is 17.8 Å². The summed E-state index contributed by atoms with van der Waals surface area (Å²) in [5.41, 5.74) is 0.144. The minimum atomic E-state index is -4.60. The maximum Gasteiger partial charge on any atom is 0.416 e. The Morgan fingerprint density at radius 2 is 2.00 bits per heavy atom. The van der Waals surface area contributed by atoms with Crippen molar-refractivity contribution in [3.8, 4) is 17.0 Å². The van der Waals surface area contributed by atoms with Crippen LogP contribution in [0.3, 0.4) is 0 Å². The second-order valence-electron chi connectivity index (χ2n) is 9.59. The van der Waals surface area contributed by atoms with Crippen molar-refractivity contribution in [3.05, 3.63) is 41.3 Å². The molecule has 5 rings (SSSR count). The molecule has 2 aliphatic rings. The average molecular weight is 535 g/mol. The van der Waals surface area contributed by atoms with Crippen molar-refractivity contribution < 1.29 is 37.0 Å². The predicted molar refractivity (Wildman–Crippen MR) is 127 cm³/mol. The molecular formula is C25H25F4N5O4. The highest BCUT2D eigenvalue weighted by Crippen LogP contribution is 2.40. The number of H-pyrrole nitrogens is 1. The molecule has 2 amide bonds. The molecule has 0 spiro atoms. The SMILES string of the molecule is Cc1[nH]c2c(-c3cc(C(F)(F)F)ccc3OCC3CC3)ncnc2c1C(=O)N[C@@H]1CN(C(=O)CO)C[C@@H]1F. The summed E-state index contributed by atoms with van der Waals surface area (Å²) >= 11 is 0. The summed E-state index contributed by atoms with van der Waals surface area (Å²) < 4.78 is 61.0. The number of halogens is 4. The van der Waals surface area contributed by atoms with Gasteiger partial charge in [-0.2, -0.15) is 13.2 Å². The third kappa shape index (κ3) is 5.02. The standard InChI is InChI=1S/C25H25F4N5O4/c1-12-20(24(37)33-17-8-34(7-16(17)26)19(36)9-35)22-23(32-12)21(30-11-31-22)15-6-14(25(27,28)29)4-5-18(15)38-10-13-2-3-13/h4-6,11,13,16-17,32,35H,2-3,7-10H2,1H3,(H,33,37)/t16-,17+/m0/s1. The molecule has 2 fully saturated rings. The molecule has 2 atom stereocenters. The number of aromatic amines is 1. The maximum absolute atomic E-state index is 14.5. The summed E-state index contributed by atoms with van der Waals surface area (Å²) in [4.78, 5) is 37.4. The van der Waals surface area contributed by atoms with Crippen LogP contribution < -0.4 is 10.1 Å². The first-order valence-electron chi connectivity index (χ1n) is 12.1. The molecule has 202 valence electrons. The van der Waals surface area contributed by atoms with Crippen LogP contribution in [0, 0.1) is 12.8 Å². The molecule has 3 aromatic rings. The number of carbonyl (C=O) groups excluding carboxylic acids is 2. The number of aromatic nitrogens is 3. The second-order valence-corrected chi connectivity index (χ2v) is 9.59. The summed E-state index contributed by atoms with van der Waals surface area (Å²) in [5, 5.41) is 11.6. The smallest absolute Gasteiger partial charge is 0.416 e. The number of alkyl halides is 4. The van der Waals surface area contributed by atoms with Crippen LogP contribution in [-0.4, -0.2) is 75.3 Å². The topological polar surface area (TPSA) is 120 Å². The number of fused-ring (bicyclic) bond motifs is 1. The average Bonchev–Trinajstić information content (AvgIpc) is 3.55. The molecule has 13 heteroatoms. The molecule has 1 saturated carbocycles. The second kappa shape index (κ2) is 9.86. The van der Waals surface area contributed by atoms with Crippen molar-refractivity contribution in [1.82, 2.24) is 25.2 Å². The van der Waals surface area contributed by atoms with Gasteiger partial charge in [-0.3, -0.25) is 9.59 Å². The molecule has 38 heavy (non-hydrogen) atoms. The largest absolute Gasteiger partial charge is 0.493 e. The zero-order chi connectivity index (χ0) is 27.2. The first kappa shape index (κ1) is 25.9. The summed E-state index contributed by atoms with van der Waals surface area (Å²) in [6.45, 7) is 0.810. The zero-order valence-corrected chi connectivity index (χ0v) is 20.3. The van der Waals surface area contributed by atoms with Gasteiger partial charge in [-0.15, -0.1) is 0 Å². The fraction of sp³-hybridized carbons (Fsp3) is 0.440. The number of carbonyl (C=O) groups is 2. The third-order valence-electron chi connectivity index (χ3n) is 6.79. The van der Waals surface area contributed by atoms with Gasteiger partial charge in [0.1, 0.15) is 36.1 Å². The summed E-state index contributed by atoms with van der Waals surface area (Å²) in [6.07, 6.45) is -3.01. The quantitative estimate of drug-likeness (QED) is 0.400. The fourth-order valence-corrected chi connectivity index (χ4v) is 4.56. The number of aryl methyl sites for hydroxylation is 1. The molecule has 3 N–H and O–H groups in total. The van der Waals surface area contributed by atoms with Crippen LogP contribution in [0.5, 0.6) is 5.75 Å². The number of benzene rings is 1. The Morgan fingerprint density at radius 3 is 2.68 bits per heavy atom. The first-order valence-corrected chi connectivity index (χ1v) is 12.1. The van der Waals surface area contributed by atoms with E-state index in [9.17, 15) is 27.2 Å². The molecule has 0 radical (unpaired) electrons. The lowest BCUT2D eigenvalue weighted by Gasteiger charge is -2.16. The third-order valence-corrected chi connectivity index (χ3v) is 6.79. The van der Waals surface area contributed by atoms with Gasteiger partial charge in [-0.05, 0) is 43.9 Å². The molecule has 9 nitrogen and oxygen atoms in total. The lowest BCUT2D eigenvalue weighted by molar-refractivity contribution is -0.137. The number of hydrogen-bond donors (Lipinski definition) is 3. The van der Waals surface area contributed by atoms with E-state index in [4.69, 9.17) is 9.84 Å². The van der Waals surface area contributed by atoms with Crippen molar-refractivity contribution >= 4 is 22.8 Å². The Balaban J connectivity index is 1.50. The number of aliphatic hydroxyl groups is 1. The Bertz CT molecular complexity index is 1390. The normalized spacial score (nSPS) is 19.7. The molecule has 1 aliphatic heterocycles. The number of nitrogens with zero attached hydrogens (tertiary/aromatic N) is 3. The molecule has 0 bridgehead atoms. The molecule has 1 aliphatic carbocycles. The van der Waals surface area contributed by atoms with Gasteiger partial charge < -0.3 is 25.0 Å². The number of nitrogens with one attached hydrogen (secondary N) is 2. The molecular weight excluding hydrogens is 510 g/mol. The molecule has 2 aromatic heterocycles. The van der Waals surface area contributed by atoms with Crippen molar-refractivity contribution in [2.24, 2.45) is 5.92 Å². The molecule has 0 unspecified atom stereocenters. The van der Waals surface area contributed by atoms with E-state index in [0.29, 0.717) is 18.2 Å². The van der Waals surface area contributed by atoms with E-state index >= 15 is 0 Å². The van der Waals surface area contributed by atoms with Gasteiger partial charge in [0.25, 0.3) is 5.91 Å². The van der Waals surface area contributed by atoms with Crippen LogP contribution in [0.25, 0.3) is 22.3 Å². The Labute approximate surface area is 214 Å². The van der Waals surface area contributed by atoms with Crippen LogP contribution in [-0.2, 0) is 11.0 Å². The summed E-state index contributed by atoms with van der Waals surface area (Å²) in [5.74, 6) is -0.732. The zero-order valence-electron chi connectivity index (χ0n) is 20.3. The monoisotopic (exact) mass is 535 g/mol. The van der Waals surface area contributed by atoms with Gasteiger partial charge in [-0.25, -0.2) is 14.4 Å². The van der Waals surface area contributed by atoms with E-state index in [0.717, 1.165) is 36.2 Å². The van der Waals surface area contributed by atoms with Gasteiger partial charge in [0.05, 0.1) is 35.8 Å².